The first-order valence-corrected chi connectivity index (χ1v) is 11.4. The van der Waals surface area contributed by atoms with Gasteiger partial charge in [-0.25, -0.2) is 9.50 Å². The molecule has 174 valence electrons. The number of nitrogens with zero attached hydrogens (tertiary/aromatic N) is 6. The van der Waals surface area contributed by atoms with E-state index in [0.29, 0.717) is 36.9 Å². The van der Waals surface area contributed by atoms with Gasteiger partial charge in [-0.2, -0.15) is 10.2 Å². The molecule has 10 heteroatoms. The smallest absolute Gasteiger partial charge is 0.236 e. The van der Waals surface area contributed by atoms with E-state index in [1.165, 1.54) is 6.21 Å². The van der Waals surface area contributed by atoms with Gasteiger partial charge in [-0.15, -0.1) is 0 Å². The fraction of sp³-hybridized carbons (Fsp3) is 0.435. The Balaban J connectivity index is 1.57. The highest BCUT2D eigenvalue weighted by atomic mass is 16.2. The van der Waals surface area contributed by atoms with Crippen molar-refractivity contribution in [1.82, 2.24) is 39.9 Å². The number of carbonyl (C=O) groups excluding carboxylic acids is 1. The maximum atomic E-state index is 11.9. The Bertz CT molecular complexity index is 1150. The van der Waals surface area contributed by atoms with Crippen molar-refractivity contribution >= 4 is 23.2 Å². The van der Waals surface area contributed by atoms with E-state index in [2.05, 4.69) is 34.7 Å². The molecular formula is C23H31N9O. The molecule has 0 bridgehead atoms. The number of amides is 1. The lowest BCUT2D eigenvalue weighted by Gasteiger charge is -2.39. The van der Waals surface area contributed by atoms with E-state index in [9.17, 15) is 4.79 Å². The Labute approximate surface area is 193 Å². The highest BCUT2D eigenvalue weighted by Crippen LogP contribution is 2.26. The molecule has 1 aliphatic heterocycles. The highest BCUT2D eigenvalue weighted by molar-refractivity contribution is 6.07. The normalized spacial score (nSPS) is 14.7. The van der Waals surface area contributed by atoms with Crippen molar-refractivity contribution in [2.45, 2.75) is 38.8 Å². The van der Waals surface area contributed by atoms with Gasteiger partial charge in [0.2, 0.25) is 5.91 Å². The second-order valence-electron chi connectivity index (χ2n) is 8.25. The predicted octanol–water partition coefficient (Wildman–Crippen LogP) is 1.96. The van der Waals surface area contributed by atoms with Crippen molar-refractivity contribution in [3.8, 4) is 11.3 Å². The highest BCUT2D eigenvalue weighted by Gasteiger charge is 2.29. The summed E-state index contributed by atoms with van der Waals surface area (Å²) >= 11 is 0. The van der Waals surface area contributed by atoms with Gasteiger partial charge in [-0.05, 0) is 26.0 Å². The zero-order valence-corrected chi connectivity index (χ0v) is 19.3. The van der Waals surface area contributed by atoms with E-state index in [0.717, 1.165) is 29.6 Å². The van der Waals surface area contributed by atoms with Gasteiger partial charge in [0.1, 0.15) is 0 Å². The summed E-state index contributed by atoms with van der Waals surface area (Å²) in [5.41, 5.74) is 3.87. The molecule has 4 rings (SSSR count). The SMILES string of the molecule is CCC(CC)n1cc(-c2nc(/C(C=N)=C/NC3CN(C(=O)CNC)C3)cn3nccc23)cn1. The largest absolute Gasteiger partial charge is 0.384 e. The molecule has 3 N–H and O–H groups in total. The Morgan fingerprint density at radius 3 is 2.76 bits per heavy atom. The van der Waals surface area contributed by atoms with Crippen LogP contribution >= 0.6 is 0 Å². The van der Waals surface area contributed by atoms with Crippen molar-refractivity contribution in [1.29, 1.82) is 5.41 Å². The Kier molecular flexibility index (Phi) is 6.83. The summed E-state index contributed by atoms with van der Waals surface area (Å²) in [5.74, 6) is 0.0937. The van der Waals surface area contributed by atoms with Crippen LogP contribution in [0.1, 0.15) is 38.4 Å². The Morgan fingerprint density at radius 1 is 1.27 bits per heavy atom. The minimum atomic E-state index is 0.0937. The van der Waals surface area contributed by atoms with E-state index in [-0.39, 0.29) is 11.9 Å². The lowest BCUT2D eigenvalue weighted by molar-refractivity contribution is -0.134. The zero-order chi connectivity index (χ0) is 23.4. The number of rotatable bonds is 10. The van der Waals surface area contributed by atoms with Gasteiger partial charge in [0.25, 0.3) is 0 Å². The van der Waals surface area contributed by atoms with E-state index in [1.54, 1.807) is 28.9 Å². The first-order valence-electron chi connectivity index (χ1n) is 11.4. The van der Waals surface area contributed by atoms with Gasteiger partial charge >= 0.3 is 0 Å². The number of likely N-dealkylation sites (tertiary alicyclic amines) is 1. The van der Waals surface area contributed by atoms with Crippen LogP contribution in [0.2, 0.25) is 0 Å². The van der Waals surface area contributed by atoms with E-state index in [1.807, 2.05) is 29.3 Å². The summed E-state index contributed by atoms with van der Waals surface area (Å²) in [6.07, 6.45) is 12.6. The first-order chi connectivity index (χ1) is 16.1. The molecule has 3 aromatic heterocycles. The number of carbonyl (C=O) groups is 1. The van der Waals surface area contributed by atoms with Crippen LogP contribution < -0.4 is 10.6 Å². The van der Waals surface area contributed by atoms with Gasteiger partial charge in [-0.1, -0.05) is 13.8 Å². The lowest BCUT2D eigenvalue weighted by atomic mass is 10.1. The van der Waals surface area contributed by atoms with Gasteiger partial charge in [-0.3, -0.25) is 9.48 Å². The average Bonchev–Trinajstić information content (AvgIpc) is 3.45. The van der Waals surface area contributed by atoms with Crippen molar-refractivity contribution in [2.24, 2.45) is 0 Å². The molecule has 0 radical (unpaired) electrons. The Morgan fingerprint density at radius 2 is 2.06 bits per heavy atom. The molecule has 0 unspecified atom stereocenters. The summed E-state index contributed by atoms with van der Waals surface area (Å²) in [6.45, 7) is 5.97. The lowest BCUT2D eigenvalue weighted by Crippen LogP contribution is -2.60. The molecule has 1 saturated heterocycles. The third-order valence-electron chi connectivity index (χ3n) is 6.07. The number of nitrogens with one attached hydrogen (secondary N) is 3. The van der Waals surface area contributed by atoms with Crippen LogP contribution in [0.5, 0.6) is 0 Å². The Hall–Kier alpha value is -3.53. The molecule has 0 spiro atoms. The monoisotopic (exact) mass is 449 g/mol. The summed E-state index contributed by atoms with van der Waals surface area (Å²) in [5, 5.41) is 23.1. The van der Waals surface area contributed by atoms with Crippen molar-refractivity contribution in [3.05, 3.63) is 42.7 Å². The van der Waals surface area contributed by atoms with Crippen LogP contribution in [-0.2, 0) is 4.79 Å². The zero-order valence-electron chi connectivity index (χ0n) is 19.3. The van der Waals surface area contributed by atoms with Gasteiger partial charge < -0.3 is 20.9 Å². The third-order valence-corrected chi connectivity index (χ3v) is 6.07. The molecule has 0 atom stereocenters. The summed E-state index contributed by atoms with van der Waals surface area (Å²) in [4.78, 5) is 18.6. The standard InChI is InChI=1S/C23H31N9O/c1-4-19(5-2)31-12-17(10-28-31)23-21-6-7-27-32(21)15-20(29-23)16(8-24)9-26-18-13-30(14-18)22(33)11-25-3/h6-10,12,15,18-19,24-26H,4-5,11,13-14H2,1-3H3/b16-9+,24-8?. The molecule has 1 aliphatic rings. The van der Waals surface area contributed by atoms with Gasteiger partial charge in [0, 0.05) is 42.8 Å². The summed E-state index contributed by atoms with van der Waals surface area (Å²) in [7, 11) is 1.77. The molecule has 4 heterocycles. The topological polar surface area (TPSA) is 116 Å². The van der Waals surface area contributed by atoms with Crippen LogP contribution in [0.4, 0.5) is 0 Å². The number of fused-ring (bicyclic) bond motifs is 1. The maximum absolute atomic E-state index is 11.9. The molecule has 10 nitrogen and oxygen atoms in total. The molecule has 0 aliphatic carbocycles. The van der Waals surface area contributed by atoms with Crippen LogP contribution in [0.25, 0.3) is 22.3 Å². The molecule has 1 fully saturated rings. The van der Waals surface area contributed by atoms with Crippen LogP contribution in [0, 0.1) is 5.41 Å². The van der Waals surface area contributed by atoms with Crippen molar-refractivity contribution in [3.63, 3.8) is 0 Å². The first kappa shape index (κ1) is 22.7. The van der Waals surface area contributed by atoms with Gasteiger partial charge in [0.05, 0.1) is 54.1 Å². The summed E-state index contributed by atoms with van der Waals surface area (Å²) in [6, 6.07) is 2.44. The third kappa shape index (κ3) is 4.65. The molecule has 0 saturated carbocycles. The van der Waals surface area contributed by atoms with Crippen LogP contribution in [0.3, 0.4) is 0 Å². The van der Waals surface area contributed by atoms with Crippen molar-refractivity contribution < 1.29 is 4.79 Å². The van der Waals surface area contributed by atoms with E-state index < -0.39 is 0 Å². The fourth-order valence-corrected chi connectivity index (χ4v) is 4.05. The second kappa shape index (κ2) is 9.95. The number of aromatic nitrogens is 5. The average molecular weight is 450 g/mol. The second-order valence-corrected chi connectivity index (χ2v) is 8.25. The minimum absolute atomic E-state index is 0.0937. The maximum Gasteiger partial charge on any atom is 0.236 e. The molecule has 0 aromatic carbocycles. The van der Waals surface area contributed by atoms with E-state index >= 15 is 0 Å². The number of likely N-dealkylation sites (N-methyl/N-ethyl adjacent to an activating group) is 1. The van der Waals surface area contributed by atoms with Crippen LogP contribution in [-0.4, -0.2) is 74.1 Å². The molecule has 33 heavy (non-hydrogen) atoms. The predicted molar refractivity (Wildman–Crippen MR) is 128 cm³/mol. The number of hydrogen-bond donors (Lipinski definition) is 3. The quantitative estimate of drug-likeness (QED) is 0.408. The van der Waals surface area contributed by atoms with Gasteiger partial charge in [0.15, 0.2) is 0 Å². The summed E-state index contributed by atoms with van der Waals surface area (Å²) < 4.78 is 3.79. The molecule has 3 aromatic rings. The van der Waals surface area contributed by atoms with E-state index in [4.69, 9.17) is 10.4 Å². The number of allylic oxidation sites excluding steroid dienone is 1. The number of hydrogen-bond acceptors (Lipinski definition) is 7. The molecular weight excluding hydrogens is 418 g/mol. The van der Waals surface area contributed by atoms with Crippen molar-refractivity contribution in [2.75, 3.05) is 26.7 Å². The minimum Gasteiger partial charge on any atom is -0.384 e. The fourth-order valence-electron chi connectivity index (χ4n) is 4.05. The molecule has 1 amide bonds. The van der Waals surface area contributed by atoms with Crippen LogP contribution in [0.15, 0.2) is 37.1 Å².